The smallest absolute Gasteiger partial charge is 0.244 e. The molecule has 0 saturated carbocycles. The number of halogens is 3. The van der Waals surface area contributed by atoms with Crippen molar-refractivity contribution in [2.45, 2.75) is 18.1 Å². The lowest BCUT2D eigenvalue weighted by molar-refractivity contribution is -0.140. The summed E-state index contributed by atoms with van der Waals surface area (Å²) in [4.78, 5) is 3.31. The first-order valence-corrected chi connectivity index (χ1v) is 5.75. The summed E-state index contributed by atoms with van der Waals surface area (Å²) in [6.45, 7) is 1.41. The van der Waals surface area contributed by atoms with E-state index in [1.165, 1.54) is 6.92 Å². The zero-order chi connectivity index (χ0) is 11.9. The molecule has 0 spiro atoms. The Labute approximate surface area is 84.9 Å². The lowest BCUT2D eigenvalue weighted by Gasteiger charge is -2.10. The van der Waals surface area contributed by atoms with Crippen LogP contribution < -0.4 is 0 Å². The molecule has 0 aliphatic carbocycles. The van der Waals surface area contributed by atoms with Gasteiger partial charge in [0.1, 0.15) is 0 Å². The molecule has 3 nitrogen and oxygen atoms in total. The van der Waals surface area contributed by atoms with Crippen LogP contribution in [-0.4, -0.2) is 19.7 Å². The number of aromatic nitrogens is 1. The third kappa shape index (κ3) is 2.68. The fourth-order valence-electron chi connectivity index (χ4n) is 1.06. The van der Waals surface area contributed by atoms with Crippen molar-refractivity contribution in [3.05, 3.63) is 23.4 Å². The Morgan fingerprint density at radius 2 is 1.87 bits per heavy atom. The van der Waals surface area contributed by atoms with Crippen LogP contribution in [0.5, 0.6) is 0 Å². The van der Waals surface area contributed by atoms with E-state index in [1.54, 1.807) is 0 Å². The van der Waals surface area contributed by atoms with E-state index in [1.807, 2.05) is 0 Å². The molecule has 1 heterocycles. The Kier molecular flexibility index (Phi) is 2.77. The summed E-state index contributed by atoms with van der Waals surface area (Å²) in [6.07, 6.45) is -2.93. The van der Waals surface area contributed by atoms with Crippen LogP contribution in [0.25, 0.3) is 0 Å². The predicted molar refractivity (Wildman–Crippen MR) is 47.1 cm³/mol. The number of hydrogen-bond acceptors (Lipinski definition) is 3. The number of sulfone groups is 1. The minimum Gasteiger partial charge on any atom is -0.244 e. The van der Waals surface area contributed by atoms with E-state index in [2.05, 4.69) is 4.98 Å². The van der Waals surface area contributed by atoms with Crippen LogP contribution in [0.15, 0.2) is 17.3 Å². The quantitative estimate of drug-likeness (QED) is 0.750. The summed E-state index contributed by atoms with van der Waals surface area (Å²) in [5, 5.41) is -0.930. The van der Waals surface area contributed by atoms with Crippen molar-refractivity contribution < 1.29 is 21.6 Å². The number of nitrogens with zero attached hydrogens (tertiary/aromatic N) is 1. The maximum atomic E-state index is 12.5. The number of aryl methyl sites for hydroxylation is 1. The Bertz CT molecular complexity index is 479. The molecule has 0 aliphatic rings. The molecule has 1 aromatic rings. The van der Waals surface area contributed by atoms with Crippen molar-refractivity contribution >= 4 is 9.84 Å². The average molecular weight is 239 g/mol. The van der Waals surface area contributed by atoms with Crippen molar-refractivity contribution in [1.82, 2.24) is 4.98 Å². The number of alkyl halides is 3. The van der Waals surface area contributed by atoms with Crippen LogP contribution in [0.3, 0.4) is 0 Å². The van der Waals surface area contributed by atoms with Gasteiger partial charge >= 0.3 is 6.18 Å². The maximum absolute atomic E-state index is 12.5. The van der Waals surface area contributed by atoms with Crippen molar-refractivity contribution in [3.8, 4) is 0 Å². The normalized spacial score (nSPS) is 12.9. The third-order valence-corrected chi connectivity index (χ3v) is 2.67. The third-order valence-electron chi connectivity index (χ3n) is 1.64. The van der Waals surface area contributed by atoms with Crippen LogP contribution in [0.4, 0.5) is 13.2 Å². The molecule has 0 radical (unpaired) electrons. The largest absolute Gasteiger partial charge is 0.419 e. The zero-order valence-corrected chi connectivity index (χ0v) is 8.78. The molecule has 0 saturated heterocycles. The van der Waals surface area contributed by atoms with Gasteiger partial charge in [0.25, 0.3) is 0 Å². The van der Waals surface area contributed by atoms with E-state index in [9.17, 15) is 21.6 Å². The highest BCUT2D eigenvalue weighted by Crippen LogP contribution is 2.33. The molecule has 0 aromatic carbocycles. The minimum absolute atomic E-state index is 0.259. The topological polar surface area (TPSA) is 47.0 Å². The zero-order valence-electron chi connectivity index (χ0n) is 7.96. The summed E-state index contributed by atoms with van der Waals surface area (Å²) in [7, 11) is -3.96. The molecule has 7 heteroatoms. The Morgan fingerprint density at radius 1 is 1.33 bits per heavy atom. The van der Waals surface area contributed by atoms with E-state index < -0.39 is 26.6 Å². The number of rotatable bonds is 1. The molecule has 0 bridgehead atoms. The lowest BCUT2D eigenvalue weighted by atomic mass is 10.2. The summed E-state index contributed by atoms with van der Waals surface area (Å²) in [5.41, 5.74) is -0.959. The van der Waals surface area contributed by atoms with E-state index in [0.717, 1.165) is 12.3 Å². The van der Waals surface area contributed by atoms with Crippen molar-refractivity contribution in [1.29, 1.82) is 0 Å². The Balaban J connectivity index is 3.55. The second-order valence-corrected chi connectivity index (χ2v) is 5.07. The molecular formula is C8H8F3NO2S. The Hall–Kier alpha value is -1.11. The van der Waals surface area contributed by atoms with E-state index in [4.69, 9.17) is 0 Å². The van der Waals surface area contributed by atoms with Gasteiger partial charge < -0.3 is 0 Å². The van der Waals surface area contributed by atoms with Gasteiger partial charge in [-0.2, -0.15) is 13.2 Å². The van der Waals surface area contributed by atoms with Crippen molar-refractivity contribution in [3.63, 3.8) is 0 Å². The molecular weight excluding hydrogens is 231 g/mol. The monoisotopic (exact) mass is 239 g/mol. The van der Waals surface area contributed by atoms with Crippen LogP contribution in [-0.2, 0) is 16.0 Å². The Morgan fingerprint density at radius 3 is 2.27 bits per heavy atom. The number of hydrogen-bond donors (Lipinski definition) is 0. The highest BCUT2D eigenvalue weighted by molar-refractivity contribution is 7.90. The highest BCUT2D eigenvalue weighted by Gasteiger charge is 2.37. The van der Waals surface area contributed by atoms with Gasteiger partial charge in [0.05, 0.1) is 5.56 Å². The predicted octanol–water partition coefficient (Wildman–Crippen LogP) is 1.81. The lowest BCUT2D eigenvalue weighted by Crippen LogP contribution is -2.14. The molecule has 0 N–H and O–H groups in total. The first-order valence-electron chi connectivity index (χ1n) is 3.86. The maximum Gasteiger partial charge on any atom is 0.419 e. The van der Waals surface area contributed by atoms with Crippen LogP contribution in [0.1, 0.15) is 11.1 Å². The molecule has 0 amide bonds. The fourth-order valence-corrected chi connectivity index (χ4v) is 1.87. The highest BCUT2D eigenvalue weighted by atomic mass is 32.2. The second kappa shape index (κ2) is 3.48. The van der Waals surface area contributed by atoms with E-state index in [-0.39, 0.29) is 5.56 Å². The molecule has 0 aliphatic heterocycles. The molecule has 84 valence electrons. The molecule has 1 aromatic heterocycles. The van der Waals surface area contributed by atoms with Crippen LogP contribution in [0, 0.1) is 6.92 Å². The van der Waals surface area contributed by atoms with Gasteiger partial charge in [-0.3, -0.25) is 0 Å². The first kappa shape index (κ1) is 12.0. The first-order chi connectivity index (χ1) is 6.62. The summed E-state index contributed by atoms with van der Waals surface area (Å²) < 4.78 is 59.5. The van der Waals surface area contributed by atoms with Crippen molar-refractivity contribution in [2.24, 2.45) is 0 Å². The molecule has 0 unspecified atom stereocenters. The summed E-state index contributed by atoms with van der Waals surface area (Å²) >= 11 is 0. The van der Waals surface area contributed by atoms with Gasteiger partial charge in [0.2, 0.25) is 0 Å². The van der Waals surface area contributed by atoms with E-state index in [0.29, 0.717) is 6.26 Å². The van der Waals surface area contributed by atoms with Gasteiger partial charge in [0.15, 0.2) is 14.9 Å². The van der Waals surface area contributed by atoms with Crippen LogP contribution in [0.2, 0.25) is 0 Å². The second-order valence-electron chi connectivity index (χ2n) is 3.14. The molecule has 0 fully saturated rings. The van der Waals surface area contributed by atoms with Gasteiger partial charge in [-0.15, -0.1) is 0 Å². The fraction of sp³-hybridized carbons (Fsp3) is 0.375. The van der Waals surface area contributed by atoms with Crippen molar-refractivity contribution in [2.75, 3.05) is 6.26 Å². The van der Waals surface area contributed by atoms with E-state index >= 15 is 0 Å². The SMILES string of the molecule is Cc1cnc(S(C)(=O)=O)c(C(F)(F)F)c1. The number of pyridine rings is 1. The van der Waals surface area contributed by atoms with Gasteiger partial charge in [-0.05, 0) is 18.6 Å². The van der Waals surface area contributed by atoms with Crippen LogP contribution >= 0.6 is 0 Å². The average Bonchev–Trinajstić information content (AvgIpc) is 2.00. The minimum atomic E-state index is -4.71. The standard InChI is InChI=1S/C8H8F3NO2S/c1-5-3-6(8(9,10)11)7(12-4-5)15(2,13)14/h3-4H,1-2H3. The van der Waals surface area contributed by atoms with Gasteiger partial charge in [-0.1, -0.05) is 0 Å². The molecule has 0 atom stereocenters. The van der Waals surface area contributed by atoms with Gasteiger partial charge in [0, 0.05) is 12.5 Å². The van der Waals surface area contributed by atoms with Gasteiger partial charge in [-0.25, -0.2) is 13.4 Å². The molecule has 15 heavy (non-hydrogen) atoms. The summed E-state index contributed by atoms with van der Waals surface area (Å²) in [6, 6.07) is 0.767. The summed E-state index contributed by atoms with van der Waals surface area (Å²) in [5.74, 6) is 0. The molecule has 1 rings (SSSR count).